The Hall–Kier alpha value is -1.94. The molecule has 2 aromatic rings. The number of aldehydes is 1. The monoisotopic (exact) mass is 290 g/mol. The Morgan fingerprint density at radius 3 is 2.45 bits per heavy atom. The highest BCUT2D eigenvalue weighted by molar-refractivity contribution is 6.32. The molecule has 1 heterocycles. The van der Waals surface area contributed by atoms with Crippen LogP contribution in [0.4, 0.5) is 0 Å². The van der Waals surface area contributed by atoms with E-state index in [1.165, 1.54) is 0 Å². The number of aryl methyl sites for hydroxylation is 3. The second-order valence-electron chi connectivity index (χ2n) is 4.58. The second-order valence-corrected chi connectivity index (χ2v) is 4.94. The van der Waals surface area contributed by atoms with E-state index in [1.807, 2.05) is 26.0 Å². The number of carbonyl (C=O) groups excluding carboxylic acids is 1. The van der Waals surface area contributed by atoms with Crippen LogP contribution in [-0.4, -0.2) is 23.4 Å². The number of halogens is 1. The molecular formula is C15H15ClN2O2. The molecule has 2 rings (SSSR count). The molecule has 0 aliphatic heterocycles. The van der Waals surface area contributed by atoms with Crippen molar-refractivity contribution in [3.8, 4) is 17.0 Å². The first-order valence-electron chi connectivity index (χ1n) is 6.12. The first-order chi connectivity index (χ1) is 9.47. The normalized spacial score (nSPS) is 10.4. The Balaban J connectivity index is 2.74. The summed E-state index contributed by atoms with van der Waals surface area (Å²) in [5.74, 6) is 1.33. The van der Waals surface area contributed by atoms with Crippen molar-refractivity contribution in [2.75, 3.05) is 7.11 Å². The fourth-order valence-corrected chi connectivity index (χ4v) is 2.38. The van der Waals surface area contributed by atoms with Gasteiger partial charge in [0.2, 0.25) is 0 Å². The van der Waals surface area contributed by atoms with Gasteiger partial charge in [-0.1, -0.05) is 11.6 Å². The van der Waals surface area contributed by atoms with E-state index in [0.717, 1.165) is 22.4 Å². The molecule has 0 bridgehead atoms. The Morgan fingerprint density at radius 1 is 1.15 bits per heavy atom. The van der Waals surface area contributed by atoms with E-state index >= 15 is 0 Å². The van der Waals surface area contributed by atoms with Gasteiger partial charge in [0.05, 0.1) is 18.4 Å². The van der Waals surface area contributed by atoms with Gasteiger partial charge in [-0.15, -0.1) is 0 Å². The van der Waals surface area contributed by atoms with Crippen LogP contribution in [-0.2, 0) is 0 Å². The second kappa shape index (κ2) is 5.59. The van der Waals surface area contributed by atoms with Crippen molar-refractivity contribution in [1.82, 2.24) is 9.97 Å². The fraction of sp³-hybridized carbons (Fsp3) is 0.267. The Kier molecular flexibility index (Phi) is 4.04. The minimum Gasteiger partial charge on any atom is -0.496 e. The number of nitrogens with zero attached hydrogens (tertiary/aromatic N) is 2. The molecule has 5 heteroatoms. The summed E-state index contributed by atoms with van der Waals surface area (Å²) >= 11 is 6.03. The number of aromatic nitrogens is 2. The maximum absolute atomic E-state index is 11.3. The molecule has 0 fully saturated rings. The first kappa shape index (κ1) is 14.5. The lowest BCUT2D eigenvalue weighted by Crippen LogP contribution is -2.01. The van der Waals surface area contributed by atoms with Crippen LogP contribution in [0.5, 0.6) is 5.75 Å². The van der Waals surface area contributed by atoms with Gasteiger partial charge >= 0.3 is 0 Å². The third-order valence-electron chi connectivity index (χ3n) is 3.13. The molecule has 0 unspecified atom stereocenters. The molecule has 0 aliphatic carbocycles. The van der Waals surface area contributed by atoms with Gasteiger partial charge in [0.15, 0.2) is 6.29 Å². The summed E-state index contributed by atoms with van der Waals surface area (Å²) in [4.78, 5) is 19.6. The zero-order valence-corrected chi connectivity index (χ0v) is 12.6. The van der Waals surface area contributed by atoms with Crippen LogP contribution in [0.25, 0.3) is 11.3 Å². The van der Waals surface area contributed by atoms with E-state index in [0.29, 0.717) is 23.4 Å². The van der Waals surface area contributed by atoms with Gasteiger partial charge < -0.3 is 4.74 Å². The first-order valence-corrected chi connectivity index (χ1v) is 6.50. The molecule has 0 saturated heterocycles. The van der Waals surface area contributed by atoms with Gasteiger partial charge in [-0.2, -0.15) is 0 Å². The molecule has 0 spiro atoms. The number of hydrogen-bond donors (Lipinski definition) is 0. The molecule has 0 atom stereocenters. The zero-order chi connectivity index (χ0) is 14.9. The average molecular weight is 291 g/mol. The van der Waals surface area contributed by atoms with Crippen LogP contribution < -0.4 is 4.74 Å². The van der Waals surface area contributed by atoms with Crippen LogP contribution in [0, 0.1) is 20.8 Å². The number of ether oxygens (including phenoxy) is 1. The summed E-state index contributed by atoms with van der Waals surface area (Å²) in [5, 5.41) is 0.176. The van der Waals surface area contributed by atoms with E-state index in [9.17, 15) is 4.79 Å². The summed E-state index contributed by atoms with van der Waals surface area (Å²) in [7, 11) is 1.63. The molecule has 1 aromatic carbocycles. The molecule has 104 valence electrons. The fourth-order valence-electron chi connectivity index (χ4n) is 2.12. The third kappa shape index (κ3) is 2.51. The molecule has 1 aromatic heterocycles. The summed E-state index contributed by atoms with van der Waals surface area (Å²) in [6, 6.07) is 3.86. The number of methoxy groups -OCH3 is 1. The molecule has 4 nitrogen and oxygen atoms in total. The molecular weight excluding hydrogens is 276 g/mol. The summed E-state index contributed by atoms with van der Waals surface area (Å²) < 4.78 is 5.29. The van der Waals surface area contributed by atoms with Crippen LogP contribution in [0.2, 0.25) is 5.15 Å². The molecule has 0 radical (unpaired) electrons. The topological polar surface area (TPSA) is 52.1 Å². The highest BCUT2D eigenvalue weighted by Gasteiger charge is 2.16. The van der Waals surface area contributed by atoms with Crippen molar-refractivity contribution >= 4 is 17.9 Å². The van der Waals surface area contributed by atoms with Crippen LogP contribution in [0.1, 0.15) is 27.3 Å². The smallest absolute Gasteiger partial charge is 0.155 e. The van der Waals surface area contributed by atoms with Crippen molar-refractivity contribution in [2.24, 2.45) is 0 Å². The number of benzene rings is 1. The highest BCUT2D eigenvalue weighted by Crippen LogP contribution is 2.32. The van der Waals surface area contributed by atoms with Gasteiger partial charge in [0.25, 0.3) is 0 Å². The van der Waals surface area contributed by atoms with Crippen LogP contribution in [0.15, 0.2) is 12.1 Å². The minimum absolute atomic E-state index is 0.176. The number of hydrogen-bond acceptors (Lipinski definition) is 4. The van der Waals surface area contributed by atoms with E-state index in [-0.39, 0.29) is 5.15 Å². The summed E-state index contributed by atoms with van der Waals surface area (Å²) in [6.07, 6.45) is 0.691. The van der Waals surface area contributed by atoms with Crippen LogP contribution >= 0.6 is 11.6 Å². The lowest BCUT2D eigenvalue weighted by molar-refractivity contribution is 0.112. The van der Waals surface area contributed by atoms with Gasteiger partial charge in [-0.25, -0.2) is 9.97 Å². The van der Waals surface area contributed by atoms with Crippen molar-refractivity contribution in [1.29, 1.82) is 0 Å². The SMILES string of the molecule is COc1cc(C)c(-c2nc(C)nc(Cl)c2C=O)cc1C. The van der Waals surface area contributed by atoms with Gasteiger partial charge in [0, 0.05) is 5.56 Å². The van der Waals surface area contributed by atoms with E-state index in [1.54, 1.807) is 14.0 Å². The van der Waals surface area contributed by atoms with Gasteiger partial charge in [-0.05, 0) is 44.0 Å². The standard InChI is InChI=1S/C15H15ClN2O2/c1-8-6-13(20-4)9(2)5-11(8)14-12(7-19)15(16)18-10(3)17-14/h5-7H,1-4H3. The lowest BCUT2D eigenvalue weighted by atomic mass is 9.99. The van der Waals surface area contributed by atoms with Crippen molar-refractivity contribution in [3.63, 3.8) is 0 Å². The van der Waals surface area contributed by atoms with E-state index in [2.05, 4.69) is 9.97 Å². The molecule has 0 saturated carbocycles. The molecule has 0 amide bonds. The number of carbonyl (C=O) groups is 1. The summed E-state index contributed by atoms with van der Waals surface area (Å²) in [6.45, 7) is 5.63. The van der Waals surface area contributed by atoms with Crippen molar-refractivity contribution in [3.05, 3.63) is 39.8 Å². The van der Waals surface area contributed by atoms with Crippen molar-refractivity contribution in [2.45, 2.75) is 20.8 Å². The third-order valence-corrected chi connectivity index (χ3v) is 3.41. The quantitative estimate of drug-likeness (QED) is 0.641. The lowest BCUT2D eigenvalue weighted by Gasteiger charge is -2.13. The Labute approximate surface area is 122 Å². The molecule has 0 N–H and O–H groups in total. The zero-order valence-electron chi connectivity index (χ0n) is 11.8. The Morgan fingerprint density at radius 2 is 1.85 bits per heavy atom. The van der Waals surface area contributed by atoms with Crippen molar-refractivity contribution < 1.29 is 9.53 Å². The molecule has 0 aliphatic rings. The average Bonchev–Trinajstić information content (AvgIpc) is 2.40. The van der Waals surface area contributed by atoms with Gasteiger partial charge in [-0.3, -0.25) is 4.79 Å². The maximum atomic E-state index is 11.3. The van der Waals surface area contributed by atoms with Gasteiger partial charge in [0.1, 0.15) is 16.7 Å². The minimum atomic E-state index is 0.176. The number of rotatable bonds is 3. The predicted octanol–water partition coefficient (Wildman–Crippen LogP) is 3.54. The van der Waals surface area contributed by atoms with E-state index in [4.69, 9.17) is 16.3 Å². The largest absolute Gasteiger partial charge is 0.496 e. The highest BCUT2D eigenvalue weighted by atomic mass is 35.5. The van der Waals surface area contributed by atoms with Crippen LogP contribution in [0.3, 0.4) is 0 Å². The predicted molar refractivity (Wildman–Crippen MR) is 78.6 cm³/mol. The van der Waals surface area contributed by atoms with E-state index < -0.39 is 0 Å². The molecule has 20 heavy (non-hydrogen) atoms. The summed E-state index contributed by atoms with van der Waals surface area (Å²) in [5.41, 5.74) is 3.66. The maximum Gasteiger partial charge on any atom is 0.155 e. The Bertz CT molecular complexity index is 684.